The molecule has 0 bridgehead atoms. The molecule has 3 rings (SSSR count). The van der Waals surface area contributed by atoms with Crippen molar-refractivity contribution < 1.29 is 8.78 Å². The van der Waals surface area contributed by atoms with Crippen molar-refractivity contribution in [2.45, 2.75) is 12.8 Å². The minimum Gasteiger partial charge on any atom is -0.294 e. The zero-order chi connectivity index (χ0) is 15.1. The van der Waals surface area contributed by atoms with Gasteiger partial charge in [-0.25, -0.2) is 13.8 Å². The highest BCUT2D eigenvalue weighted by Gasteiger charge is 2.16. The highest BCUT2D eigenvalue weighted by molar-refractivity contribution is 6.32. The number of nitrogens with zero attached hydrogens (tertiary/aromatic N) is 2. The lowest BCUT2D eigenvalue weighted by Crippen LogP contribution is -2.00. The lowest BCUT2D eigenvalue weighted by molar-refractivity contribution is 0.620. The first kappa shape index (κ1) is 14.3. The topological polar surface area (TPSA) is 17.8 Å². The zero-order valence-corrected chi connectivity index (χ0v) is 12.5. The molecule has 108 valence electrons. The van der Waals surface area contributed by atoms with Crippen LogP contribution in [-0.4, -0.2) is 9.55 Å². The van der Waals surface area contributed by atoms with E-state index >= 15 is 0 Å². The van der Waals surface area contributed by atoms with Crippen molar-refractivity contribution in [3.8, 4) is 5.69 Å². The quantitative estimate of drug-likeness (QED) is 0.605. The van der Waals surface area contributed by atoms with E-state index in [0.717, 1.165) is 0 Å². The average Bonchev–Trinajstić information content (AvgIpc) is 2.77. The van der Waals surface area contributed by atoms with Gasteiger partial charge in [-0.1, -0.05) is 11.6 Å². The molecule has 0 unspecified atom stereocenters. The van der Waals surface area contributed by atoms with Gasteiger partial charge < -0.3 is 0 Å². The Hall–Kier alpha value is -1.65. The van der Waals surface area contributed by atoms with Crippen LogP contribution in [0.2, 0.25) is 5.02 Å². The van der Waals surface area contributed by atoms with Gasteiger partial charge >= 0.3 is 0 Å². The van der Waals surface area contributed by atoms with E-state index in [9.17, 15) is 8.78 Å². The van der Waals surface area contributed by atoms with Crippen LogP contribution in [0.1, 0.15) is 11.4 Å². The van der Waals surface area contributed by atoms with Crippen LogP contribution in [-0.2, 0) is 5.88 Å². The number of hydrogen-bond donors (Lipinski definition) is 0. The van der Waals surface area contributed by atoms with E-state index in [4.69, 9.17) is 23.2 Å². The van der Waals surface area contributed by atoms with E-state index in [-0.39, 0.29) is 16.7 Å². The summed E-state index contributed by atoms with van der Waals surface area (Å²) in [6.45, 7) is 1.67. The first-order valence-corrected chi connectivity index (χ1v) is 7.11. The minimum absolute atomic E-state index is 0.128. The van der Waals surface area contributed by atoms with Crippen LogP contribution in [0.15, 0.2) is 30.3 Å². The third-order valence-electron chi connectivity index (χ3n) is 3.27. The average molecular weight is 327 g/mol. The van der Waals surface area contributed by atoms with Gasteiger partial charge in [0.2, 0.25) is 0 Å². The molecule has 0 aliphatic carbocycles. The normalized spacial score (nSPS) is 11.3. The number of hydrogen-bond acceptors (Lipinski definition) is 1. The molecule has 0 spiro atoms. The number of halogens is 4. The van der Waals surface area contributed by atoms with Gasteiger partial charge in [-0.15, -0.1) is 11.6 Å². The van der Waals surface area contributed by atoms with E-state index in [0.29, 0.717) is 28.1 Å². The Morgan fingerprint density at radius 1 is 1.19 bits per heavy atom. The van der Waals surface area contributed by atoms with Crippen molar-refractivity contribution in [2.75, 3.05) is 0 Å². The standard InChI is InChI=1S/C15H10Cl2F2N2/c1-8-4-14-12(6-11(8)19)20-15(7-16)21(14)13-3-2-9(18)5-10(13)17/h2-6H,7H2,1H3. The van der Waals surface area contributed by atoms with E-state index in [1.54, 1.807) is 23.6 Å². The van der Waals surface area contributed by atoms with Crippen molar-refractivity contribution in [1.82, 2.24) is 9.55 Å². The molecule has 0 aliphatic heterocycles. The molecule has 1 heterocycles. The Labute approximate surface area is 129 Å². The maximum atomic E-state index is 13.7. The number of aryl methyl sites for hydroxylation is 1. The van der Waals surface area contributed by atoms with Crippen molar-refractivity contribution in [2.24, 2.45) is 0 Å². The summed E-state index contributed by atoms with van der Waals surface area (Å²) in [5.41, 5.74) is 2.21. The molecule has 0 radical (unpaired) electrons. The summed E-state index contributed by atoms with van der Waals surface area (Å²) in [5, 5.41) is 0.239. The fraction of sp³-hybridized carbons (Fsp3) is 0.133. The van der Waals surface area contributed by atoms with Gasteiger partial charge in [-0.3, -0.25) is 4.57 Å². The zero-order valence-electron chi connectivity index (χ0n) is 11.0. The SMILES string of the molecule is Cc1cc2c(cc1F)nc(CCl)n2-c1ccc(F)cc1Cl. The summed E-state index contributed by atoms with van der Waals surface area (Å²) in [7, 11) is 0. The van der Waals surface area contributed by atoms with Crippen LogP contribution in [0.25, 0.3) is 16.7 Å². The minimum atomic E-state index is -0.428. The first-order valence-electron chi connectivity index (χ1n) is 6.20. The number of rotatable bonds is 2. The van der Waals surface area contributed by atoms with Crippen molar-refractivity contribution in [1.29, 1.82) is 0 Å². The van der Waals surface area contributed by atoms with Gasteiger partial charge in [0.1, 0.15) is 17.5 Å². The molecule has 0 N–H and O–H groups in total. The first-order chi connectivity index (χ1) is 10.0. The van der Waals surface area contributed by atoms with Crippen LogP contribution < -0.4 is 0 Å². The molecule has 0 fully saturated rings. The Balaban J connectivity index is 2.37. The molecule has 0 saturated carbocycles. The number of imidazole rings is 1. The highest BCUT2D eigenvalue weighted by atomic mass is 35.5. The summed E-state index contributed by atoms with van der Waals surface area (Å²) in [6.07, 6.45) is 0. The second kappa shape index (κ2) is 5.28. The third-order valence-corrected chi connectivity index (χ3v) is 3.82. The Morgan fingerprint density at radius 2 is 1.95 bits per heavy atom. The summed E-state index contributed by atoms with van der Waals surface area (Å²) in [6, 6.07) is 7.11. The summed E-state index contributed by atoms with van der Waals surface area (Å²) in [5.74, 6) is -0.116. The monoisotopic (exact) mass is 326 g/mol. The lowest BCUT2D eigenvalue weighted by Gasteiger charge is -2.10. The molecule has 0 saturated heterocycles. The fourth-order valence-electron chi connectivity index (χ4n) is 2.27. The molecule has 2 nitrogen and oxygen atoms in total. The summed E-state index contributed by atoms with van der Waals surface area (Å²) in [4.78, 5) is 4.31. The summed E-state index contributed by atoms with van der Waals surface area (Å²) >= 11 is 12.0. The molecule has 2 aromatic carbocycles. The lowest BCUT2D eigenvalue weighted by atomic mass is 10.2. The number of fused-ring (bicyclic) bond motifs is 1. The van der Waals surface area contributed by atoms with Gasteiger partial charge in [-0.2, -0.15) is 0 Å². The van der Waals surface area contributed by atoms with Crippen LogP contribution in [0.5, 0.6) is 0 Å². The number of aromatic nitrogens is 2. The Morgan fingerprint density at radius 3 is 2.62 bits per heavy atom. The van der Waals surface area contributed by atoms with E-state index in [2.05, 4.69) is 4.98 Å². The highest BCUT2D eigenvalue weighted by Crippen LogP contribution is 2.29. The second-order valence-electron chi connectivity index (χ2n) is 4.68. The number of alkyl halides is 1. The van der Waals surface area contributed by atoms with Gasteiger partial charge in [0.15, 0.2) is 0 Å². The molecule has 1 aromatic heterocycles. The molecular formula is C15H10Cl2F2N2. The smallest absolute Gasteiger partial charge is 0.129 e. The number of benzene rings is 2. The van der Waals surface area contributed by atoms with E-state index in [1.165, 1.54) is 18.2 Å². The molecule has 21 heavy (non-hydrogen) atoms. The predicted molar refractivity (Wildman–Crippen MR) is 80.3 cm³/mol. The van der Waals surface area contributed by atoms with Crippen LogP contribution in [0.4, 0.5) is 8.78 Å². The van der Waals surface area contributed by atoms with Gasteiger partial charge in [-0.05, 0) is 36.8 Å². The molecule has 0 aliphatic rings. The molecule has 6 heteroatoms. The van der Waals surface area contributed by atoms with Gasteiger partial charge in [0.25, 0.3) is 0 Å². The molecule has 3 aromatic rings. The van der Waals surface area contributed by atoms with E-state index < -0.39 is 5.82 Å². The largest absolute Gasteiger partial charge is 0.294 e. The van der Waals surface area contributed by atoms with Gasteiger partial charge in [0, 0.05) is 6.07 Å². The Bertz CT molecular complexity index is 843. The fourth-order valence-corrected chi connectivity index (χ4v) is 2.70. The maximum Gasteiger partial charge on any atom is 0.129 e. The molecule has 0 amide bonds. The third kappa shape index (κ3) is 2.39. The van der Waals surface area contributed by atoms with Crippen molar-refractivity contribution >= 4 is 34.2 Å². The molecule has 0 atom stereocenters. The second-order valence-corrected chi connectivity index (χ2v) is 5.36. The summed E-state index contributed by atoms with van der Waals surface area (Å²) < 4.78 is 28.6. The van der Waals surface area contributed by atoms with Gasteiger partial charge in [0.05, 0.1) is 27.6 Å². The van der Waals surface area contributed by atoms with Crippen LogP contribution in [0.3, 0.4) is 0 Å². The Kier molecular flexibility index (Phi) is 3.59. The predicted octanol–water partition coefficient (Wildman–Crippen LogP) is 5.00. The van der Waals surface area contributed by atoms with E-state index in [1.807, 2.05) is 0 Å². The molecular weight excluding hydrogens is 317 g/mol. The maximum absolute atomic E-state index is 13.7. The van der Waals surface area contributed by atoms with Crippen LogP contribution >= 0.6 is 23.2 Å². The van der Waals surface area contributed by atoms with Crippen LogP contribution in [0, 0.1) is 18.6 Å². The van der Waals surface area contributed by atoms with Crippen molar-refractivity contribution in [3.05, 3.63) is 58.4 Å². The van der Waals surface area contributed by atoms with Crippen molar-refractivity contribution in [3.63, 3.8) is 0 Å².